The molecule has 1 rings (SSSR count). The normalized spacial score (nSPS) is 12.5. The van der Waals surface area contributed by atoms with Crippen molar-refractivity contribution in [2.24, 2.45) is 0 Å². The van der Waals surface area contributed by atoms with Gasteiger partial charge in [0.1, 0.15) is 6.33 Å². The maximum Gasteiger partial charge on any atom is 0.506 e. The molecule has 0 amide bonds. The van der Waals surface area contributed by atoms with Crippen LogP contribution in [0.15, 0.2) is 6.33 Å². The lowest BCUT2D eigenvalue weighted by atomic mass is 10.6. The van der Waals surface area contributed by atoms with Crippen LogP contribution >= 0.6 is 0 Å². The molecule has 0 spiro atoms. The SMILES string of the molecule is FC(F)c1ncnn1C(F)(F)F. The highest BCUT2D eigenvalue weighted by molar-refractivity contribution is 4.86. The van der Waals surface area contributed by atoms with Crippen LogP contribution in [0.25, 0.3) is 0 Å². The number of hydrogen-bond donors (Lipinski definition) is 0. The zero-order valence-electron chi connectivity index (χ0n) is 5.39. The molecule has 0 saturated carbocycles. The van der Waals surface area contributed by atoms with Crippen molar-refractivity contribution in [2.75, 3.05) is 0 Å². The molecule has 0 atom stereocenters. The van der Waals surface area contributed by atoms with E-state index in [-0.39, 0.29) is 0 Å². The Morgan fingerprint density at radius 2 is 1.92 bits per heavy atom. The van der Waals surface area contributed by atoms with Crippen LogP contribution in [0, 0.1) is 0 Å². The first-order chi connectivity index (χ1) is 5.43. The summed E-state index contributed by atoms with van der Waals surface area (Å²) in [5, 5.41) is 2.61. The van der Waals surface area contributed by atoms with Gasteiger partial charge in [0.15, 0.2) is 0 Å². The molecule has 0 saturated heterocycles. The van der Waals surface area contributed by atoms with Gasteiger partial charge >= 0.3 is 6.30 Å². The van der Waals surface area contributed by atoms with E-state index in [1.165, 1.54) is 0 Å². The van der Waals surface area contributed by atoms with Crippen molar-refractivity contribution in [1.82, 2.24) is 14.8 Å². The van der Waals surface area contributed by atoms with E-state index in [4.69, 9.17) is 0 Å². The van der Waals surface area contributed by atoms with Gasteiger partial charge in [0.05, 0.1) is 0 Å². The minimum absolute atomic E-state index is 0.426. The fourth-order valence-electron chi connectivity index (χ4n) is 0.595. The second-order valence-corrected chi connectivity index (χ2v) is 1.80. The van der Waals surface area contributed by atoms with Gasteiger partial charge in [-0.1, -0.05) is 0 Å². The highest BCUT2D eigenvalue weighted by Crippen LogP contribution is 2.26. The van der Waals surface area contributed by atoms with Crippen molar-refractivity contribution in [3.05, 3.63) is 12.2 Å². The summed E-state index contributed by atoms with van der Waals surface area (Å²) in [7, 11) is 0. The molecule has 0 aromatic carbocycles. The summed E-state index contributed by atoms with van der Waals surface area (Å²) in [6.45, 7) is 0. The largest absolute Gasteiger partial charge is 0.506 e. The summed E-state index contributed by atoms with van der Waals surface area (Å²) >= 11 is 0. The Balaban J connectivity index is 3.08. The number of nitrogens with zero attached hydrogens (tertiary/aromatic N) is 3. The van der Waals surface area contributed by atoms with Gasteiger partial charge in [-0.25, -0.2) is 13.8 Å². The smallest absolute Gasteiger partial charge is 0.214 e. The molecule has 0 aliphatic carbocycles. The monoisotopic (exact) mass is 187 g/mol. The third kappa shape index (κ3) is 1.51. The average molecular weight is 187 g/mol. The second-order valence-electron chi connectivity index (χ2n) is 1.80. The summed E-state index contributed by atoms with van der Waals surface area (Å²) < 4.78 is 58.1. The molecule has 68 valence electrons. The van der Waals surface area contributed by atoms with Crippen LogP contribution in [0.2, 0.25) is 0 Å². The molecule has 1 aromatic rings. The average Bonchev–Trinajstić information content (AvgIpc) is 2.30. The Morgan fingerprint density at radius 3 is 2.25 bits per heavy atom. The molecule has 12 heavy (non-hydrogen) atoms. The quantitative estimate of drug-likeness (QED) is 0.626. The Hall–Kier alpha value is -1.21. The minimum atomic E-state index is -4.94. The molecule has 1 aromatic heterocycles. The van der Waals surface area contributed by atoms with E-state index in [1.807, 2.05) is 0 Å². The van der Waals surface area contributed by atoms with E-state index < -0.39 is 23.2 Å². The number of halogens is 5. The first kappa shape index (κ1) is 8.88. The van der Waals surface area contributed by atoms with E-state index in [1.54, 1.807) is 0 Å². The van der Waals surface area contributed by atoms with E-state index in [2.05, 4.69) is 10.1 Å². The standard InChI is InChI=1S/C4H2F5N3/c5-2(6)3-10-1-11-12(3)4(7,8)9/h1-2H. The number of alkyl halides is 5. The first-order valence-corrected chi connectivity index (χ1v) is 2.68. The van der Waals surface area contributed by atoms with Crippen LogP contribution < -0.4 is 0 Å². The number of hydrogen-bond acceptors (Lipinski definition) is 2. The van der Waals surface area contributed by atoms with Crippen LogP contribution in [-0.4, -0.2) is 14.8 Å². The minimum Gasteiger partial charge on any atom is -0.214 e. The second kappa shape index (κ2) is 2.68. The molecular formula is C4H2F5N3. The maximum atomic E-state index is 11.8. The fraction of sp³-hybridized carbons (Fsp3) is 0.500. The predicted octanol–water partition coefficient (Wildman–Crippen LogP) is 1.69. The molecule has 0 radical (unpaired) electrons. The van der Waals surface area contributed by atoms with Gasteiger partial charge in [-0.15, -0.1) is 17.9 Å². The summed E-state index contributed by atoms with van der Waals surface area (Å²) in [5.41, 5.74) is 0. The molecule has 0 bridgehead atoms. The van der Waals surface area contributed by atoms with Crippen molar-refractivity contribution < 1.29 is 22.0 Å². The summed E-state index contributed by atoms with van der Waals surface area (Å²) in [5.74, 6) is -1.40. The number of aromatic nitrogens is 3. The molecule has 0 aliphatic heterocycles. The molecule has 0 unspecified atom stereocenters. The first-order valence-electron chi connectivity index (χ1n) is 2.68. The summed E-state index contributed by atoms with van der Waals surface area (Å²) in [6.07, 6.45) is -7.80. The maximum absolute atomic E-state index is 11.8. The van der Waals surface area contributed by atoms with Crippen LogP contribution in [0.4, 0.5) is 22.0 Å². The van der Waals surface area contributed by atoms with Gasteiger partial charge in [-0.05, 0) is 0 Å². The van der Waals surface area contributed by atoms with Crippen LogP contribution in [0.5, 0.6) is 0 Å². The summed E-state index contributed by atoms with van der Waals surface area (Å²) in [4.78, 5) is 2.76. The van der Waals surface area contributed by atoms with E-state index in [0.29, 0.717) is 6.33 Å². The van der Waals surface area contributed by atoms with Crippen molar-refractivity contribution in [1.29, 1.82) is 0 Å². The Morgan fingerprint density at radius 1 is 1.33 bits per heavy atom. The van der Waals surface area contributed by atoms with Gasteiger partial charge in [0.2, 0.25) is 5.82 Å². The van der Waals surface area contributed by atoms with Crippen LogP contribution in [0.1, 0.15) is 12.2 Å². The lowest BCUT2D eigenvalue weighted by molar-refractivity contribution is -0.216. The Kier molecular flexibility index (Phi) is 1.99. The van der Waals surface area contributed by atoms with Crippen molar-refractivity contribution in [2.45, 2.75) is 12.7 Å². The molecule has 0 N–H and O–H groups in total. The lowest BCUT2D eigenvalue weighted by Gasteiger charge is -2.07. The molecule has 3 nitrogen and oxygen atoms in total. The lowest BCUT2D eigenvalue weighted by Crippen LogP contribution is -2.21. The van der Waals surface area contributed by atoms with Gasteiger partial charge in [0, 0.05) is 0 Å². The molecule has 8 heteroatoms. The Labute approximate surface area is 62.8 Å². The molecule has 0 aliphatic rings. The van der Waals surface area contributed by atoms with Gasteiger partial charge in [-0.3, -0.25) is 0 Å². The highest BCUT2D eigenvalue weighted by Gasteiger charge is 2.37. The predicted molar refractivity (Wildman–Crippen MR) is 26.3 cm³/mol. The van der Waals surface area contributed by atoms with Crippen molar-refractivity contribution >= 4 is 0 Å². The van der Waals surface area contributed by atoms with Gasteiger partial charge < -0.3 is 0 Å². The van der Waals surface area contributed by atoms with Gasteiger partial charge in [0.25, 0.3) is 6.43 Å². The highest BCUT2D eigenvalue weighted by atomic mass is 19.4. The van der Waals surface area contributed by atoms with E-state index >= 15 is 0 Å². The van der Waals surface area contributed by atoms with Crippen LogP contribution in [-0.2, 0) is 6.30 Å². The van der Waals surface area contributed by atoms with Crippen molar-refractivity contribution in [3.63, 3.8) is 0 Å². The zero-order valence-corrected chi connectivity index (χ0v) is 5.39. The third-order valence-corrected chi connectivity index (χ3v) is 1.01. The van der Waals surface area contributed by atoms with E-state index in [0.717, 1.165) is 0 Å². The molecular weight excluding hydrogens is 185 g/mol. The topological polar surface area (TPSA) is 30.7 Å². The number of rotatable bonds is 1. The Bertz CT molecular complexity index is 264. The fourth-order valence-corrected chi connectivity index (χ4v) is 0.595. The third-order valence-electron chi connectivity index (χ3n) is 1.01. The van der Waals surface area contributed by atoms with Crippen molar-refractivity contribution in [3.8, 4) is 0 Å². The zero-order chi connectivity index (χ0) is 9.35. The molecule has 0 fully saturated rings. The van der Waals surface area contributed by atoms with Crippen LogP contribution in [0.3, 0.4) is 0 Å². The van der Waals surface area contributed by atoms with E-state index in [9.17, 15) is 22.0 Å². The van der Waals surface area contributed by atoms with Gasteiger partial charge in [-0.2, -0.15) is 5.10 Å². The molecule has 1 heterocycles. The summed E-state index contributed by atoms with van der Waals surface area (Å²) in [6, 6.07) is 0.